The van der Waals surface area contributed by atoms with Crippen LogP contribution in [-0.4, -0.2) is 23.1 Å². The van der Waals surface area contributed by atoms with E-state index in [1.807, 2.05) is 0 Å². The molecule has 0 aromatic carbocycles. The average Bonchev–Trinajstić information content (AvgIpc) is 2.60. The Balaban J connectivity index is 1.97. The van der Waals surface area contributed by atoms with Crippen LogP contribution in [0, 0.1) is 0 Å². The maximum atomic E-state index is 11.9. The molecule has 1 aliphatic carbocycles. The van der Waals surface area contributed by atoms with Crippen molar-refractivity contribution >= 4 is 5.78 Å². The topological polar surface area (TPSA) is 31.2 Å². The third kappa shape index (κ3) is 3.09. The molecule has 0 unspecified atom stereocenters. The van der Waals surface area contributed by atoms with E-state index in [0.717, 1.165) is 18.4 Å². The van der Waals surface area contributed by atoms with E-state index < -0.39 is 12.8 Å². The summed E-state index contributed by atoms with van der Waals surface area (Å²) < 4.78 is 41.6. The second-order valence-electron chi connectivity index (χ2n) is 4.08. The first-order chi connectivity index (χ1) is 7.96. The minimum absolute atomic E-state index is 0.0563. The summed E-state index contributed by atoms with van der Waals surface area (Å²) in [5.41, 5.74) is 1.52. The van der Waals surface area contributed by atoms with Crippen LogP contribution in [0.4, 0.5) is 13.2 Å². The summed E-state index contributed by atoms with van der Waals surface area (Å²) in [6, 6.07) is 0. The second kappa shape index (κ2) is 4.52. The van der Waals surface area contributed by atoms with Gasteiger partial charge in [0.15, 0.2) is 5.78 Å². The zero-order chi connectivity index (χ0) is 12.5. The monoisotopic (exact) mass is 247 g/mol. The van der Waals surface area contributed by atoms with Gasteiger partial charge in [0.1, 0.15) is 13.3 Å². The van der Waals surface area contributed by atoms with Gasteiger partial charge in [-0.15, -0.1) is 0 Å². The SMILES string of the molecule is O=C1CCCc2cn(COCC(F)(F)F)cc21. The number of rotatable bonds is 3. The van der Waals surface area contributed by atoms with Gasteiger partial charge < -0.3 is 9.30 Å². The van der Waals surface area contributed by atoms with Gasteiger partial charge in [0, 0.05) is 24.4 Å². The smallest absolute Gasteiger partial charge is 0.351 e. The third-order valence-electron chi connectivity index (χ3n) is 2.62. The fraction of sp³-hybridized carbons (Fsp3) is 0.545. The van der Waals surface area contributed by atoms with E-state index >= 15 is 0 Å². The van der Waals surface area contributed by atoms with E-state index in [1.165, 1.54) is 4.57 Å². The maximum absolute atomic E-state index is 11.9. The lowest BCUT2D eigenvalue weighted by Gasteiger charge is -2.07. The first-order valence-electron chi connectivity index (χ1n) is 5.32. The lowest BCUT2D eigenvalue weighted by molar-refractivity contribution is -0.181. The molecular weight excluding hydrogens is 235 g/mol. The van der Waals surface area contributed by atoms with Crippen LogP contribution in [0.2, 0.25) is 0 Å². The first kappa shape index (κ1) is 12.2. The molecule has 0 aliphatic heterocycles. The number of Topliss-reactive ketones (excluding diaryl/α,β-unsaturated/α-hetero) is 1. The van der Waals surface area contributed by atoms with E-state index in [2.05, 4.69) is 4.74 Å². The summed E-state index contributed by atoms with van der Waals surface area (Å²) in [5.74, 6) is 0.0563. The molecule has 94 valence electrons. The summed E-state index contributed by atoms with van der Waals surface area (Å²) in [6.45, 7) is -1.45. The van der Waals surface area contributed by atoms with Crippen molar-refractivity contribution in [1.29, 1.82) is 0 Å². The van der Waals surface area contributed by atoms with Crippen molar-refractivity contribution in [2.24, 2.45) is 0 Å². The lowest BCUT2D eigenvalue weighted by Crippen LogP contribution is -2.18. The van der Waals surface area contributed by atoms with Crippen molar-refractivity contribution in [3.05, 3.63) is 23.5 Å². The molecule has 0 saturated carbocycles. The molecule has 2 rings (SSSR count). The number of ether oxygens (including phenoxy) is 1. The van der Waals surface area contributed by atoms with Crippen molar-refractivity contribution in [1.82, 2.24) is 4.57 Å². The number of hydrogen-bond donors (Lipinski definition) is 0. The van der Waals surface area contributed by atoms with Gasteiger partial charge >= 0.3 is 6.18 Å². The third-order valence-corrected chi connectivity index (χ3v) is 2.62. The maximum Gasteiger partial charge on any atom is 0.411 e. The Labute approximate surface area is 96.2 Å². The summed E-state index contributed by atoms with van der Waals surface area (Å²) in [4.78, 5) is 11.5. The number of carbonyl (C=O) groups excluding carboxylic acids is 1. The molecule has 0 atom stereocenters. The van der Waals surface area contributed by atoms with Gasteiger partial charge in [-0.1, -0.05) is 0 Å². The summed E-state index contributed by atoms with van der Waals surface area (Å²) in [7, 11) is 0. The molecule has 3 nitrogen and oxygen atoms in total. The van der Waals surface area contributed by atoms with Gasteiger partial charge in [0.25, 0.3) is 0 Å². The van der Waals surface area contributed by atoms with Crippen LogP contribution in [0.1, 0.15) is 28.8 Å². The van der Waals surface area contributed by atoms with Crippen LogP contribution in [0.15, 0.2) is 12.4 Å². The molecule has 1 aromatic rings. The van der Waals surface area contributed by atoms with Gasteiger partial charge in [-0.2, -0.15) is 13.2 Å². The van der Waals surface area contributed by atoms with E-state index in [1.54, 1.807) is 12.4 Å². The highest BCUT2D eigenvalue weighted by atomic mass is 19.4. The highest BCUT2D eigenvalue weighted by molar-refractivity contribution is 5.98. The second-order valence-corrected chi connectivity index (χ2v) is 4.08. The summed E-state index contributed by atoms with van der Waals surface area (Å²) in [6.07, 6.45) is 1.05. The molecule has 0 radical (unpaired) electrons. The Kier molecular flexibility index (Phi) is 3.24. The Morgan fingerprint density at radius 3 is 2.71 bits per heavy atom. The molecule has 0 spiro atoms. The number of nitrogens with zero attached hydrogens (tertiary/aromatic N) is 1. The average molecular weight is 247 g/mol. The van der Waals surface area contributed by atoms with Crippen molar-refractivity contribution in [2.45, 2.75) is 32.2 Å². The highest BCUT2D eigenvalue weighted by Crippen LogP contribution is 2.22. The van der Waals surface area contributed by atoms with Crippen molar-refractivity contribution in [2.75, 3.05) is 6.61 Å². The largest absolute Gasteiger partial charge is 0.411 e. The van der Waals surface area contributed by atoms with Crippen molar-refractivity contribution < 1.29 is 22.7 Å². The molecule has 0 N–H and O–H groups in total. The predicted molar refractivity (Wildman–Crippen MR) is 53.7 cm³/mol. The molecule has 1 heterocycles. The number of hydrogen-bond acceptors (Lipinski definition) is 2. The van der Waals surface area contributed by atoms with Gasteiger partial charge in [0.2, 0.25) is 0 Å². The van der Waals surface area contributed by atoms with Crippen LogP contribution >= 0.6 is 0 Å². The number of ketones is 1. The minimum Gasteiger partial charge on any atom is -0.351 e. The Hall–Kier alpha value is -1.30. The van der Waals surface area contributed by atoms with Gasteiger partial charge in [-0.25, -0.2) is 0 Å². The Morgan fingerprint density at radius 1 is 1.29 bits per heavy atom. The quantitative estimate of drug-likeness (QED) is 0.821. The molecule has 6 heteroatoms. The van der Waals surface area contributed by atoms with Gasteiger partial charge in [-0.3, -0.25) is 4.79 Å². The summed E-state index contributed by atoms with van der Waals surface area (Å²) in [5, 5.41) is 0. The van der Waals surface area contributed by atoms with Crippen LogP contribution in [0.3, 0.4) is 0 Å². The summed E-state index contributed by atoms with van der Waals surface area (Å²) >= 11 is 0. The number of carbonyl (C=O) groups is 1. The van der Waals surface area contributed by atoms with E-state index in [0.29, 0.717) is 12.0 Å². The van der Waals surface area contributed by atoms with Gasteiger partial charge in [0.05, 0.1) is 0 Å². The zero-order valence-electron chi connectivity index (χ0n) is 9.09. The Bertz CT molecular complexity index is 423. The number of aromatic nitrogens is 1. The molecule has 0 bridgehead atoms. The molecule has 0 amide bonds. The fourth-order valence-electron chi connectivity index (χ4n) is 1.92. The number of fused-ring (bicyclic) bond motifs is 1. The standard InChI is InChI=1S/C11H12F3NO2/c12-11(13,14)6-17-7-15-4-8-2-1-3-10(16)9(8)5-15/h4-5H,1-3,6-7H2. The van der Waals surface area contributed by atoms with E-state index in [-0.39, 0.29) is 12.5 Å². The van der Waals surface area contributed by atoms with Crippen LogP contribution in [0.5, 0.6) is 0 Å². The number of alkyl halides is 3. The molecule has 0 fully saturated rings. The van der Waals surface area contributed by atoms with Crippen LogP contribution < -0.4 is 0 Å². The molecule has 1 aliphatic rings. The van der Waals surface area contributed by atoms with Crippen molar-refractivity contribution in [3.8, 4) is 0 Å². The van der Waals surface area contributed by atoms with Crippen LogP contribution in [-0.2, 0) is 17.9 Å². The number of halogens is 3. The van der Waals surface area contributed by atoms with E-state index in [9.17, 15) is 18.0 Å². The van der Waals surface area contributed by atoms with Crippen molar-refractivity contribution in [3.63, 3.8) is 0 Å². The lowest BCUT2D eigenvalue weighted by atomic mass is 9.95. The predicted octanol–water partition coefficient (Wildman–Crippen LogP) is 2.54. The molecule has 0 saturated heterocycles. The Morgan fingerprint density at radius 2 is 2.06 bits per heavy atom. The van der Waals surface area contributed by atoms with E-state index in [4.69, 9.17) is 0 Å². The number of aryl methyl sites for hydroxylation is 1. The first-order valence-corrected chi connectivity index (χ1v) is 5.32. The van der Waals surface area contributed by atoms with Gasteiger partial charge in [-0.05, 0) is 18.4 Å². The molecule has 1 aromatic heterocycles. The normalized spacial score (nSPS) is 16.1. The molecule has 17 heavy (non-hydrogen) atoms. The highest BCUT2D eigenvalue weighted by Gasteiger charge is 2.27. The fourth-order valence-corrected chi connectivity index (χ4v) is 1.92. The minimum atomic E-state index is -4.32. The zero-order valence-corrected chi connectivity index (χ0v) is 9.09. The molecular formula is C11H12F3NO2. The van der Waals surface area contributed by atoms with Crippen LogP contribution in [0.25, 0.3) is 0 Å².